The molecule has 17 heavy (non-hydrogen) atoms. The van der Waals surface area contributed by atoms with Gasteiger partial charge in [-0.05, 0) is 59.2 Å². The van der Waals surface area contributed by atoms with Gasteiger partial charge in [0.1, 0.15) is 4.60 Å². The lowest BCUT2D eigenvalue weighted by Crippen LogP contribution is -2.19. The first-order valence-corrected chi connectivity index (χ1v) is 7.23. The van der Waals surface area contributed by atoms with Crippen molar-refractivity contribution in [2.75, 3.05) is 5.32 Å². The SMILES string of the molecule is CC1(C)CCCC(Nc2cccnc2Br)CC1. The van der Waals surface area contributed by atoms with Crippen LogP contribution in [0.4, 0.5) is 5.69 Å². The molecule has 94 valence electrons. The molecule has 0 aliphatic heterocycles. The van der Waals surface area contributed by atoms with Gasteiger partial charge in [-0.25, -0.2) is 4.98 Å². The molecule has 0 bridgehead atoms. The molecule has 0 amide bonds. The second kappa shape index (κ2) is 5.38. The monoisotopic (exact) mass is 296 g/mol. The van der Waals surface area contributed by atoms with Gasteiger partial charge in [-0.15, -0.1) is 0 Å². The van der Waals surface area contributed by atoms with E-state index in [2.05, 4.69) is 46.1 Å². The fourth-order valence-electron chi connectivity index (χ4n) is 2.52. The summed E-state index contributed by atoms with van der Waals surface area (Å²) in [6, 6.07) is 4.66. The van der Waals surface area contributed by atoms with E-state index in [1.807, 2.05) is 12.3 Å². The number of pyridine rings is 1. The van der Waals surface area contributed by atoms with E-state index in [4.69, 9.17) is 0 Å². The number of aromatic nitrogens is 1. The van der Waals surface area contributed by atoms with Gasteiger partial charge in [-0.3, -0.25) is 0 Å². The zero-order valence-electron chi connectivity index (χ0n) is 10.7. The van der Waals surface area contributed by atoms with Crippen LogP contribution in [0.2, 0.25) is 0 Å². The van der Waals surface area contributed by atoms with Crippen LogP contribution in [0.15, 0.2) is 22.9 Å². The van der Waals surface area contributed by atoms with Gasteiger partial charge in [0.25, 0.3) is 0 Å². The molecule has 0 aromatic carbocycles. The van der Waals surface area contributed by atoms with Crippen LogP contribution in [0.5, 0.6) is 0 Å². The molecule has 1 unspecified atom stereocenters. The van der Waals surface area contributed by atoms with Gasteiger partial charge < -0.3 is 5.32 Å². The minimum Gasteiger partial charge on any atom is -0.380 e. The van der Waals surface area contributed by atoms with Crippen molar-refractivity contribution < 1.29 is 0 Å². The summed E-state index contributed by atoms with van der Waals surface area (Å²) in [5, 5.41) is 3.62. The number of nitrogens with one attached hydrogen (secondary N) is 1. The number of rotatable bonds is 2. The summed E-state index contributed by atoms with van der Waals surface area (Å²) >= 11 is 3.49. The van der Waals surface area contributed by atoms with Crippen molar-refractivity contribution in [1.82, 2.24) is 4.98 Å². The third kappa shape index (κ3) is 3.70. The van der Waals surface area contributed by atoms with Gasteiger partial charge in [0, 0.05) is 12.2 Å². The maximum atomic E-state index is 4.25. The average molecular weight is 297 g/mol. The first kappa shape index (κ1) is 12.9. The van der Waals surface area contributed by atoms with E-state index in [0.29, 0.717) is 11.5 Å². The zero-order chi connectivity index (χ0) is 12.3. The first-order valence-electron chi connectivity index (χ1n) is 6.44. The Morgan fingerprint density at radius 3 is 2.94 bits per heavy atom. The van der Waals surface area contributed by atoms with Crippen molar-refractivity contribution >= 4 is 21.6 Å². The molecule has 1 aliphatic rings. The lowest BCUT2D eigenvalue weighted by atomic mass is 9.85. The molecule has 1 heterocycles. The van der Waals surface area contributed by atoms with Crippen LogP contribution < -0.4 is 5.32 Å². The molecule has 2 nitrogen and oxygen atoms in total. The minimum absolute atomic E-state index is 0.516. The summed E-state index contributed by atoms with van der Waals surface area (Å²) in [5.74, 6) is 0. The summed E-state index contributed by atoms with van der Waals surface area (Å²) in [7, 11) is 0. The Morgan fingerprint density at radius 1 is 1.35 bits per heavy atom. The summed E-state index contributed by atoms with van der Waals surface area (Å²) < 4.78 is 0.920. The fraction of sp³-hybridized carbons (Fsp3) is 0.643. The van der Waals surface area contributed by atoms with Gasteiger partial charge in [0.15, 0.2) is 0 Å². The molecular weight excluding hydrogens is 276 g/mol. The minimum atomic E-state index is 0.516. The molecule has 0 saturated heterocycles. The predicted molar refractivity (Wildman–Crippen MR) is 76.2 cm³/mol. The Bertz CT molecular complexity index is 376. The Morgan fingerprint density at radius 2 is 2.18 bits per heavy atom. The van der Waals surface area contributed by atoms with Crippen LogP contribution in [-0.2, 0) is 0 Å². The van der Waals surface area contributed by atoms with Crippen molar-refractivity contribution in [1.29, 1.82) is 0 Å². The van der Waals surface area contributed by atoms with E-state index in [1.54, 1.807) is 0 Å². The summed E-state index contributed by atoms with van der Waals surface area (Å²) in [6.07, 6.45) is 8.31. The van der Waals surface area contributed by atoms with E-state index < -0.39 is 0 Å². The quantitative estimate of drug-likeness (QED) is 0.636. The number of hydrogen-bond donors (Lipinski definition) is 1. The zero-order valence-corrected chi connectivity index (χ0v) is 12.3. The van der Waals surface area contributed by atoms with Gasteiger partial charge in [-0.1, -0.05) is 20.3 Å². The molecule has 0 spiro atoms. The first-order chi connectivity index (χ1) is 8.07. The van der Waals surface area contributed by atoms with E-state index in [-0.39, 0.29) is 0 Å². The Hall–Kier alpha value is -0.570. The van der Waals surface area contributed by atoms with Gasteiger partial charge in [0.05, 0.1) is 5.69 Å². The molecule has 2 rings (SSSR count). The van der Waals surface area contributed by atoms with Gasteiger partial charge in [-0.2, -0.15) is 0 Å². The van der Waals surface area contributed by atoms with Gasteiger partial charge in [0.2, 0.25) is 0 Å². The molecule has 1 N–H and O–H groups in total. The van der Waals surface area contributed by atoms with E-state index in [0.717, 1.165) is 10.3 Å². The topological polar surface area (TPSA) is 24.9 Å². The molecule has 0 radical (unpaired) electrons. The maximum absolute atomic E-state index is 4.25. The summed E-state index contributed by atoms with van der Waals surface area (Å²) in [4.78, 5) is 4.25. The largest absolute Gasteiger partial charge is 0.380 e. The summed E-state index contributed by atoms with van der Waals surface area (Å²) in [5.41, 5.74) is 1.64. The third-order valence-corrected chi connectivity index (χ3v) is 4.33. The molecule has 1 fully saturated rings. The Balaban J connectivity index is 1.98. The normalized spacial score (nSPS) is 24.1. The second-order valence-electron chi connectivity index (χ2n) is 5.78. The predicted octanol–water partition coefficient (Wildman–Crippen LogP) is 4.61. The third-order valence-electron chi connectivity index (χ3n) is 3.69. The fourth-order valence-corrected chi connectivity index (χ4v) is 2.88. The number of halogens is 1. The highest BCUT2D eigenvalue weighted by Crippen LogP contribution is 2.35. The maximum Gasteiger partial charge on any atom is 0.129 e. The van der Waals surface area contributed by atoms with E-state index in [1.165, 1.54) is 32.1 Å². The molecule has 1 aliphatic carbocycles. The Labute approximate surface area is 112 Å². The van der Waals surface area contributed by atoms with E-state index >= 15 is 0 Å². The molecular formula is C14H21BrN2. The smallest absolute Gasteiger partial charge is 0.129 e. The van der Waals surface area contributed by atoms with Gasteiger partial charge >= 0.3 is 0 Å². The van der Waals surface area contributed by atoms with Crippen LogP contribution in [0, 0.1) is 5.41 Å². The molecule has 1 aromatic heterocycles. The number of hydrogen-bond acceptors (Lipinski definition) is 2. The van der Waals surface area contributed by atoms with Crippen molar-refractivity contribution in [3.8, 4) is 0 Å². The van der Waals surface area contributed by atoms with Crippen molar-refractivity contribution in [2.45, 2.75) is 52.0 Å². The van der Waals surface area contributed by atoms with Crippen LogP contribution >= 0.6 is 15.9 Å². The average Bonchev–Trinajstić information content (AvgIpc) is 2.44. The molecule has 3 heteroatoms. The molecule has 1 atom stereocenters. The number of anilines is 1. The lowest BCUT2D eigenvalue weighted by Gasteiger charge is -2.22. The standard InChI is InChI=1S/C14H21BrN2/c1-14(2)8-3-5-11(7-9-14)17-12-6-4-10-16-13(12)15/h4,6,10-11,17H,3,5,7-9H2,1-2H3. The van der Waals surface area contributed by atoms with Crippen LogP contribution in [0.1, 0.15) is 46.0 Å². The highest BCUT2D eigenvalue weighted by atomic mass is 79.9. The van der Waals surface area contributed by atoms with Crippen LogP contribution in [0.25, 0.3) is 0 Å². The highest BCUT2D eigenvalue weighted by Gasteiger charge is 2.24. The lowest BCUT2D eigenvalue weighted by molar-refractivity contribution is 0.313. The Kier molecular flexibility index (Phi) is 4.08. The van der Waals surface area contributed by atoms with Crippen LogP contribution in [-0.4, -0.2) is 11.0 Å². The number of nitrogens with zero attached hydrogens (tertiary/aromatic N) is 1. The van der Waals surface area contributed by atoms with Crippen molar-refractivity contribution in [2.24, 2.45) is 5.41 Å². The van der Waals surface area contributed by atoms with Crippen molar-refractivity contribution in [3.05, 3.63) is 22.9 Å². The van der Waals surface area contributed by atoms with Crippen molar-refractivity contribution in [3.63, 3.8) is 0 Å². The van der Waals surface area contributed by atoms with Crippen LogP contribution in [0.3, 0.4) is 0 Å². The highest BCUT2D eigenvalue weighted by molar-refractivity contribution is 9.10. The molecule has 1 saturated carbocycles. The molecule has 1 aromatic rings. The van der Waals surface area contributed by atoms with E-state index in [9.17, 15) is 0 Å². The second-order valence-corrected chi connectivity index (χ2v) is 6.53. The summed E-state index contributed by atoms with van der Waals surface area (Å²) in [6.45, 7) is 4.77.